The van der Waals surface area contributed by atoms with E-state index in [0.29, 0.717) is 24.3 Å². The minimum atomic E-state index is -1.38. The molecule has 0 saturated carbocycles. The zero-order valence-corrected chi connectivity index (χ0v) is 15.1. The van der Waals surface area contributed by atoms with Crippen LogP contribution in [0.2, 0.25) is 0 Å². The van der Waals surface area contributed by atoms with Gasteiger partial charge in [0.05, 0.1) is 0 Å². The summed E-state index contributed by atoms with van der Waals surface area (Å²) >= 11 is 0. The maximum absolute atomic E-state index is 13.0. The highest BCUT2D eigenvalue weighted by Gasteiger charge is 2.35. The van der Waals surface area contributed by atoms with Crippen LogP contribution in [0, 0.1) is 0 Å². The molecule has 0 aliphatic heterocycles. The number of hydrogen-bond acceptors (Lipinski definition) is 6. The van der Waals surface area contributed by atoms with E-state index < -0.39 is 23.8 Å². The van der Waals surface area contributed by atoms with Crippen LogP contribution in [0.1, 0.15) is 40.0 Å². The largest absolute Gasteiger partial charge is 0.508 e. The van der Waals surface area contributed by atoms with Crippen molar-refractivity contribution >= 4 is 17.8 Å². The molecule has 0 aromatic heterocycles. The van der Waals surface area contributed by atoms with Crippen molar-refractivity contribution in [3.8, 4) is 11.5 Å². The number of nitrogens with two attached hydrogens (primary N) is 1. The lowest BCUT2D eigenvalue weighted by molar-refractivity contribution is -0.141. The molecule has 0 bridgehead atoms. The van der Waals surface area contributed by atoms with Gasteiger partial charge in [-0.2, -0.15) is 0 Å². The Morgan fingerprint density at radius 3 is 1.61 bits per heavy atom. The molecule has 148 valence electrons. The molecule has 1 atom stereocenters. The molecule has 2 amide bonds. The fourth-order valence-corrected chi connectivity index (χ4v) is 2.71. The average Bonchev–Trinajstić information content (AvgIpc) is 2.67. The Bertz CT molecular complexity index is 775. The van der Waals surface area contributed by atoms with Gasteiger partial charge in [0, 0.05) is 11.1 Å². The number of carboxylic acid groups (broad SMARTS) is 1. The van der Waals surface area contributed by atoms with Crippen molar-refractivity contribution in [3.05, 3.63) is 59.7 Å². The van der Waals surface area contributed by atoms with Crippen molar-refractivity contribution < 1.29 is 29.7 Å². The number of unbranched alkanes of at least 4 members (excludes halogenated alkanes) is 1. The molecule has 0 unspecified atom stereocenters. The maximum Gasteiger partial charge on any atom is 0.326 e. The first-order valence-corrected chi connectivity index (χ1v) is 8.74. The van der Waals surface area contributed by atoms with Gasteiger partial charge in [0.15, 0.2) is 0 Å². The van der Waals surface area contributed by atoms with Gasteiger partial charge in [-0.3, -0.25) is 14.5 Å². The number of benzene rings is 2. The van der Waals surface area contributed by atoms with Crippen molar-refractivity contribution in [2.75, 3.05) is 6.54 Å². The molecule has 2 aromatic rings. The third-order valence-corrected chi connectivity index (χ3v) is 4.19. The standard InChI is InChI=1S/C20H22N2O6/c21-12-2-1-3-17(20(27)28)22(18(25)13-4-8-15(23)9-5-13)19(26)14-6-10-16(24)11-7-14/h4-11,17,23-24H,1-3,12,21H2,(H,27,28)/t17-/m0/s1. The number of imide groups is 1. The number of aliphatic carboxylic acids is 1. The van der Waals surface area contributed by atoms with Crippen molar-refractivity contribution in [3.63, 3.8) is 0 Å². The minimum absolute atomic E-state index is 0.0557. The van der Waals surface area contributed by atoms with Crippen LogP contribution in [0.25, 0.3) is 0 Å². The van der Waals surface area contributed by atoms with Crippen LogP contribution in [0.4, 0.5) is 0 Å². The molecular weight excluding hydrogens is 364 g/mol. The van der Waals surface area contributed by atoms with Gasteiger partial charge in [-0.1, -0.05) is 0 Å². The van der Waals surface area contributed by atoms with E-state index in [9.17, 15) is 29.7 Å². The summed E-state index contributed by atoms with van der Waals surface area (Å²) in [5.41, 5.74) is 5.58. The molecular formula is C20H22N2O6. The lowest BCUT2D eigenvalue weighted by Crippen LogP contribution is -2.48. The van der Waals surface area contributed by atoms with Crippen LogP contribution >= 0.6 is 0 Å². The molecule has 0 aliphatic rings. The molecule has 2 aromatic carbocycles. The summed E-state index contributed by atoms with van der Waals surface area (Å²) in [6, 6.07) is 8.99. The van der Waals surface area contributed by atoms with Crippen LogP contribution in [0.3, 0.4) is 0 Å². The van der Waals surface area contributed by atoms with Crippen LogP contribution in [0.5, 0.6) is 11.5 Å². The lowest BCUT2D eigenvalue weighted by Gasteiger charge is -2.27. The van der Waals surface area contributed by atoms with Gasteiger partial charge in [0.2, 0.25) is 0 Å². The SMILES string of the molecule is NCCCC[C@@H](C(=O)O)N(C(=O)c1ccc(O)cc1)C(=O)c1ccc(O)cc1. The number of carboxylic acids is 1. The second kappa shape index (κ2) is 9.52. The Labute approximate surface area is 161 Å². The Morgan fingerprint density at radius 2 is 1.25 bits per heavy atom. The molecule has 0 aliphatic carbocycles. The summed E-state index contributed by atoms with van der Waals surface area (Å²) < 4.78 is 0. The van der Waals surface area contributed by atoms with Crippen molar-refractivity contribution in [2.24, 2.45) is 5.73 Å². The first-order valence-electron chi connectivity index (χ1n) is 8.74. The van der Waals surface area contributed by atoms with Crippen molar-refractivity contribution in [1.82, 2.24) is 4.90 Å². The van der Waals surface area contributed by atoms with Crippen LogP contribution in [-0.4, -0.2) is 50.6 Å². The number of amides is 2. The molecule has 2 rings (SSSR count). The van der Waals surface area contributed by atoms with E-state index in [0.717, 1.165) is 0 Å². The van der Waals surface area contributed by atoms with Gasteiger partial charge in [0.1, 0.15) is 17.5 Å². The Morgan fingerprint density at radius 1 is 0.821 bits per heavy atom. The second-order valence-corrected chi connectivity index (χ2v) is 6.21. The van der Waals surface area contributed by atoms with Crippen molar-refractivity contribution in [2.45, 2.75) is 25.3 Å². The topological polar surface area (TPSA) is 141 Å². The fourth-order valence-electron chi connectivity index (χ4n) is 2.71. The Kier molecular flexibility index (Phi) is 7.11. The molecule has 0 saturated heterocycles. The predicted molar refractivity (Wildman–Crippen MR) is 101 cm³/mol. The maximum atomic E-state index is 13.0. The summed E-state index contributed by atoms with van der Waals surface area (Å²) in [6.07, 6.45) is 1.04. The number of phenols is 2. The average molecular weight is 386 g/mol. The molecule has 0 spiro atoms. The number of rotatable bonds is 8. The highest BCUT2D eigenvalue weighted by molar-refractivity contribution is 6.12. The van der Waals surface area contributed by atoms with Crippen LogP contribution in [0.15, 0.2) is 48.5 Å². The van der Waals surface area contributed by atoms with E-state index in [2.05, 4.69) is 0 Å². The molecule has 28 heavy (non-hydrogen) atoms. The third kappa shape index (κ3) is 5.08. The third-order valence-electron chi connectivity index (χ3n) is 4.19. The smallest absolute Gasteiger partial charge is 0.326 e. The van der Waals surface area contributed by atoms with E-state index in [1.54, 1.807) is 0 Å². The number of nitrogens with zero attached hydrogens (tertiary/aromatic N) is 1. The zero-order chi connectivity index (χ0) is 20.7. The normalized spacial score (nSPS) is 11.6. The molecule has 0 heterocycles. The summed E-state index contributed by atoms with van der Waals surface area (Å²) in [5, 5.41) is 28.5. The summed E-state index contributed by atoms with van der Waals surface area (Å²) in [4.78, 5) is 38.6. The minimum Gasteiger partial charge on any atom is -0.508 e. The molecule has 0 fully saturated rings. The van der Waals surface area contributed by atoms with Gasteiger partial charge in [0.25, 0.3) is 11.8 Å². The quantitative estimate of drug-likeness (QED) is 0.401. The molecule has 5 N–H and O–H groups in total. The summed E-state index contributed by atoms with van der Waals surface area (Å²) in [7, 11) is 0. The van der Waals surface area contributed by atoms with Crippen LogP contribution in [-0.2, 0) is 4.79 Å². The van der Waals surface area contributed by atoms with Crippen molar-refractivity contribution in [1.29, 1.82) is 0 Å². The number of aromatic hydroxyl groups is 2. The zero-order valence-electron chi connectivity index (χ0n) is 15.1. The van der Waals surface area contributed by atoms with Gasteiger partial charge in [-0.05, 0) is 74.3 Å². The second-order valence-electron chi connectivity index (χ2n) is 6.21. The van der Waals surface area contributed by atoms with E-state index in [-0.39, 0.29) is 29.0 Å². The van der Waals surface area contributed by atoms with E-state index in [1.807, 2.05) is 0 Å². The van der Waals surface area contributed by atoms with Gasteiger partial charge >= 0.3 is 5.97 Å². The molecule has 8 heteroatoms. The number of carbonyl (C=O) groups is 3. The lowest BCUT2D eigenvalue weighted by atomic mass is 10.0. The van der Waals surface area contributed by atoms with E-state index in [1.165, 1.54) is 48.5 Å². The Hall–Kier alpha value is -3.39. The highest BCUT2D eigenvalue weighted by Crippen LogP contribution is 2.20. The number of phenolic OH excluding ortho intramolecular Hbond substituents is 2. The van der Waals surface area contributed by atoms with Gasteiger partial charge in [-0.25, -0.2) is 4.79 Å². The predicted octanol–water partition coefficient (Wildman–Crippen LogP) is 1.96. The molecule has 8 nitrogen and oxygen atoms in total. The van der Waals surface area contributed by atoms with Crippen LogP contribution < -0.4 is 5.73 Å². The summed E-state index contributed by atoms with van der Waals surface area (Å²) in [5.74, 6) is -3.02. The first-order chi connectivity index (χ1) is 13.3. The molecule has 0 radical (unpaired) electrons. The fraction of sp³-hybridized carbons (Fsp3) is 0.250. The Balaban J connectivity index is 2.44. The van der Waals surface area contributed by atoms with Gasteiger partial charge in [-0.15, -0.1) is 0 Å². The number of carbonyl (C=O) groups excluding carboxylic acids is 2. The highest BCUT2D eigenvalue weighted by atomic mass is 16.4. The monoisotopic (exact) mass is 386 g/mol. The first kappa shape index (κ1) is 20.9. The number of hydrogen-bond donors (Lipinski definition) is 4. The summed E-state index contributed by atoms with van der Waals surface area (Å²) in [6.45, 7) is 0.365. The van der Waals surface area contributed by atoms with E-state index >= 15 is 0 Å². The van der Waals surface area contributed by atoms with Gasteiger partial charge < -0.3 is 21.1 Å². The van der Waals surface area contributed by atoms with E-state index in [4.69, 9.17) is 5.73 Å².